The third-order valence-electron chi connectivity index (χ3n) is 5.74. The van der Waals surface area contributed by atoms with E-state index in [0.29, 0.717) is 11.8 Å². The summed E-state index contributed by atoms with van der Waals surface area (Å²) in [7, 11) is 0. The van der Waals surface area contributed by atoms with Crippen molar-refractivity contribution in [1.82, 2.24) is 0 Å². The standard InChI is InChI=1S/C22H35NO/c1-21(2,3)18-12-17(20(24)19(13-18)22(4,5)6)15-23-14-16-10-8-7-9-11-16/h7-11,14,17-20,24H,12-13,15H2,1-6H3. The molecular weight excluding hydrogens is 294 g/mol. The molecule has 1 N–H and O–H groups in total. The Morgan fingerprint density at radius 1 is 1.00 bits per heavy atom. The van der Waals surface area contributed by atoms with Gasteiger partial charge in [0.05, 0.1) is 6.10 Å². The number of nitrogens with zero attached hydrogens (tertiary/aromatic N) is 1. The molecule has 2 nitrogen and oxygen atoms in total. The maximum Gasteiger partial charge on any atom is 0.0619 e. The molecule has 0 bridgehead atoms. The van der Waals surface area contributed by atoms with Gasteiger partial charge in [0, 0.05) is 18.7 Å². The van der Waals surface area contributed by atoms with E-state index in [1.165, 1.54) is 0 Å². The molecule has 0 saturated heterocycles. The first-order chi connectivity index (χ1) is 11.1. The van der Waals surface area contributed by atoms with Gasteiger partial charge in [-0.15, -0.1) is 0 Å². The lowest BCUT2D eigenvalue weighted by Gasteiger charge is -2.48. The number of aliphatic imine (C=N–C) groups is 1. The summed E-state index contributed by atoms with van der Waals surface area (Å²) in [6.07, 6.45) is 3.88. The molecule has 0 radical (unpaired) electrons. The topological polar surface area (TPSA) is 32.6 Å². The lowest BCUT2D eigenvalue weighted by atomic mass is 9.59. The molecule has 1 aromatic carbocycles. The third-order valence-corrected chi connectivity index (χ3v) is 5.74. The van der Waals surface area contributed by atoms with Crippen LogP contribution in [0.3, 0.4) is 0 Å². The molecule has 4 unspecified atom stereocenters. The Bertz CT molecular complexity index is 535. The highest BCUT2D eigenvalue weighted by Gasteiger charge is 2.44. The van der Waals surface area contributed by atoms with Crippen LogP contribution in [0.2, 0.25) is 0 Å². The van der Waals surface area contributed by atoms with Crippen LogP contribution in [0.15, 0.2) is 35.3 Å². The van der Waals surface area contributed by atoms with Crippen LogP contribution < -0.4 is 0 Å². The van der Waals surface area contributed by atoms with Crippen molar-refractivity contribution in [2.75, 3.05) is 6.54 Å². The lowest BCUT2D eigenvalue weighted by molar-refractivity contribution is -0.0646. The zero-order valence-corrected chi connectivity index (χ0v) is 16.3. The lowest BCUT2D eigenvalue weighted by Crippen LogP contribution is -2.46. The average Bonchev–Trinajstić information content (AvgIpc) is 2.47. The highest BCUT2D eigenvalue weighted by molar-refractivity contribution is 5.79. The molecule has 2 heteroatoms. The van der Waals surface area contributed by atoms with Crippen LogP contribution in [0.1, 0.15) is 59.9 Å². The second kappa shape index (κ2) is 7.39. The van der Waals surface area contributed by atoms with Crippen molar-refractivity contribution in [3.05, 3.63) is 35.9 Å². The molecule has 1 aliphatic carbocycles. The molecule has 0 aromatic heterocycles. The number of rotatable bonds is 3. The molecule has 1 aliphatic rings. The summed E-state index contributed by atoms with van der Waals surface area (Å²) >= 11 is 0. The Balaban J connectivity index is 2.12. The van der Waals surface area contributed by atoms with Gasteiger partial charge in [-0.1, -0.05) is 71.9 Å². The van der Waals surface area contributed by atoms with Crippen LogP contribution in [0.5, 0.6) is 0 Å². The van der Waals surface area contributed by atoms with Crippen molar-refractivity contribution in [3.63, 3.8) is 0 Å². The summed E-state index contributed by atoms with van der Waals surface area (Å²) in [5.74, 6) is 1.24. The van der Waals surface area contributed by atoms with Crippen molar-refractivity contribution in [1.29, 1.82) is 0 Å². The molecule has 0 spiro atoms. The Morgan fingerprint density at radius 2 is 1.62 bits per heavy atom. The largest absolute Gasteiger partial charge is 0.392 e. The van der Waals surface area contributed by atoms with E-state index < -0.39 is 0 Å². The normalized spacial score (nSPS) is 29.1. The molecule has 0 heterocycles. The van der Waals surface area contributed by atoms with E-state index in [0.717, 1.165) is 24.9 Å². The van der Waals surface area contributed by atoms with Crippen LogP contribution >= 0.6 is 0 Å². The van der Waals surface area contributed by atoms with E-state index in [4.69, 9.17) is 0 Å². The molecule has 1 fully saturated rings. The second-order valence-corrected chi connectivity index (χ2v) is 9.66. The average molecular weight is 330 g/mol. The van der Waals surface area contributed by atoms with E-state index in [1.54, 1.807) is 0 Å². The first-order valence-electron chi connectivity index (χ1n) is 9.32. The monoisotopic (exact) mass is 329 g/mol. The van der Waals surface area contributed by atoms with E-state index in [1.807, 2.05) is 24.4 Å². The summed E-state index contributed by atoms with van der Waals surface area (Å²) in [6, 6.07) is 10.2. The van der Waals surface area contributed by atoms with Gasteiger partial charge in [0.15, 0.2) is 0 Å². The van der Waals surface area contributed by atoms with Gasteiger partial charge in [-0.3, -0.25) is 4.99 Å². The van der Waals surface area contributed by atoms with Crippen molar-refractivity contribution < 1.29 is 5.11 Å². The van der Waals surface area contributed by atoms with Gasteiger partial charge in [-0.2, -0.15) is 0 Å². The maximum atomic E-state index is 11.0. The fourth-order valence-corrected chi connectivity index (χ4v) is 3.96. The summed E-state index contributed by atoms with van der Waals surface area (Å²) in [5, 5.41) is 11.0. The highest BCUT2D eigenvalue weighted by Crippen LogP contribution is 2.48. The molecule has 134 valence electrons. The highest BCUT2D eigenvalue weighted by atomic mass is 16.3. The van der Waals surface area contributed by atoms with Crippen molar-refractivity contribution in [2.45, 2.75) is 60.5 Å². The SMILES string of the molecule is CC(C)(C)C1CC(CN=Cc2ccccc2)C(O)C(C(C)(C)C)C1. The molecule has 2 rings (SSSR count). The van der Waals surface area contributed by atoms with E-state index in [9.17, 15) is 5.11 Å². The number of benzene rings is 1. The summed E-state index contributed by atoms with van der Waals surface area (Å²) < 4.78 is 0. The Labute approximate surface area is 148 Å². The zero-order valence-electron chi connectivity index (χ0n) is 16.3. The van der Waals surface area contributed by atoms with Gasteiger partial charge in [0.2, 0.25) is 0 Å². The second-order valence-electron chi connectivity index (χ2n) is 9.66. The summed E-state index contributed by atoms with van der Waals surface area (Å²) in [4.78, 5) is 4.66. The molecule has 1 saturated carbocycles. The first-order valence-corrected chi connectivity index (χ1v) is 9.32. The predicted octanol–water partition coefficient (Wildman–Crippen LogP) is 5.20. The van der Waals surface area contributed by atoms with Crippen LogP contribution in [0.4, 0.5) is 0 Å². The first kappa shape index (κ1) is 19.2. The number of hydrogen-bond acceptors (Lipinski definition) is 2. The summed E-state index contributed by atoms with van der Waals surface area (Å²) in [6.45, 7) is 14.5. The minimum absolute atomic E-state index is 0.130. The van der Waals surface area contributed by atoms with Gasteiger partial charge in [-0.05, 0) is 41.1 Å². The number of aliphatic hydroxyl groups excluding tert-OH is 1. The van der Waals surface area contributed by atoms with Crippen molar-refractivity contribution in [3.8, 4) is 0 Å². The van der Waals surface area contributed by atoms with Gasteiger partial charge >= 0.3 is 0 Å². The molecule has 0 amide bonds. The van der Waals surface area contributed by atoms with Crippen molar-refractivity contribution in [2.24, 2.45) is 33.6 Å². The smallest absolute Gasteiger partial charge is 0.0619 e. The van der Waals surface area contributed by atoms with Crippen molar-refractivity contribution >= 4 is 6.21 Å². The summed E-state index contributed by atoms with van der Waals surface area (Å²) in [5.41, 5.74) is 1.54. The third kappa shape index (κ3) is 4.92. The molecule has 24 heavy (non-hydrogen) atoms. The molecule has 4 atom stereocenters. The Morgan fingerprint density at radius 3 is 2.17 bits per heavy atom. The molecular formula is C22H35NO. The Hall–Kier alpha value is -1.15. The fourth-order valence-electron chi connectivity index (χ4n) is 3.96. The predicted molar refractivity (Wildman–Crippen MR) is 104 cm³/mol. The Kier molecular flexibility index (Phi) is 5.91. The quantitative estimate of drug-likeness (QED) is 0.759. The van der Waals surface area contributed by atoms with E-state index in [-0.39, 0.29) is 22.9 Å². The maximum absolute atomic E-state index is 11.0. The van der Waals surface area contributed by atoms with Crippen LogP contribution in [-0.4, -0.2) is 24.0 Å². The fraction of sp³-hybridized carbons (Fsp3) is 0.682. The number of hydrogen-bond donors (Lipinski definition) is 1. The number of aliphatic hydroxyl groups is 1. The minimum atomic E-state index is -0.253. The van der Waals surface area contributed by atoms with Crippen LogP contribution in [0.25, 0.3) is 0 Å². The van der Waals surface area contributed by atoms with E-state index >= 15 is 0 Å². The van der Waals surface area contributed by atoms with Gasteiger partial charge < -0.3 is 5.11 Å². The van der Waals surface area contributed by atoms with Gasteiger partial charge in [0.1, 0.15) is 0 Å². The molecule has 1 aromatic rings. The molecule has 0 aliphatic heterocycles. The van der Waals surface area contributed by atoms with Gasteiger partial charge in [0.25, 0.3) is 0 Å². The zero-order chi connectivity index (χ0) is 18.0. The van der Waals surface area contributed by atoms with E-state index in [2.05, 4.69) is 58.7 Å². The van der Waals surface area contributed by atoms with Crippen LogP contribution in [-0.2, 0) is 0 Å². The van der Waals surface area contributed by atoms with Crippen LogP contribution in [0, 0.1) is 28.6 Å². The van der Waals surface area contributed by atoms with Gasteiger partial charge in [-0.25, -0.2) is 0 Å². The minimum Gasteiger partial charge on any atom is -0.392 e.